The standard InChI is InChI=1S/C18H17NS/c19-14-8-4-5-9-15-18(14)17-13-7-3-1-2-6-12(13)10-11-16(17)20-15/h2-7,9-13H,1,8,19H2. The summed E-state index contributed by atoms with van der Waals surface area (Å²) >= 11 is 1.86. The molecule has 1 heterocycles. The number of fused-ring (bicyclic) bond motifs is 5. The highest BCUT2D eigenvalue weighted by Gasteiger charge is 2.27. The summed E-state index contributed by atoms with van der Waals surface area (Å²) in [4.78, 5) is 1.38. The average Bonchev–Trinajstić information content (AvgIpc) is 2.60. The molecule has 0 bridgehead atoms. The molecule has 0 aliphatic heterocycles. The van der Waals surface area contributed by atoms with Crippen molar-refractivity contribution < 1.29 is 0 Å². The van der Waals surface area contributed by atoms with Crippen LogP contribution in [0.4, 0.5) is 0 Å². The van der Waals surface area contributed by atoms with E-state index in [0.717, 1.165) is 18.5 Å². The van der Waals surface area contributed by atoms with E-state index in [1.54, 1.807) is 0 Å². The maximum Gasteiger partial charge on any atom is 0.0369 e. The van der Waals surface area contributed by atoms with E-state index in [2.05, 4.69) is 54.7 Å². The van der Waals surface area contributed by atoms with E-state index in [1.165, 1.54) is 20.2 Å². The normalized spacial score (nSPS) is 26.3. The fourth-order valence-corrected chi connectivity index (χ4v) is 4.52. The third-order valence-electron chi connectivity index (χ3n) is 4.24. The lowest BCUT2D eigenvalue weighted by Gasteiger charge is -2.23. The van der Waals surface area contributed by atoms with Crippen molar-refractivity contribution in [2.75, 3.05) is 0 Å². The first-order valence-electron chi connectivity index (χ1n) is 7.14. The zero-order valence-corrected chi connectivity index (χ0v) is 12.1. The zero-order valence-electron chi connectivity index (χ0n) is 11.3. The molecule has 0 fully saturated rings. The molecule has 0 aromatic carbocycles. The number of allylic oxidation sites excluding steroid dienone is 6. The lowest BCUT2D eigenvalue weighted by Crippen LogP contribution is -2.30. The van der Waals surface area contributed by atoms with Crippen molar-refractivity contribution in [3.8, 4) is 0 Å². The summed E-state index contributed by atoms with van der Waals surface area (Å²) in [6.07, 6.45) is 22.2. The molecule has 3 aliphatic rings. The van der Waals surface area contributed by atoms with Gasteiger partial charge in [0.05, 0.1) is 0 Å². The van der Waals surface area contributed by atoms with Gasteiger partial charge >= 0.3 is 0 Å². The third-order valence-corrected chi connectivity index (χ3v) is 5.37. The minimum absolute atomic E-state index is 0.443. The number of thiophene rings is 1. The molecular formula is C18H17NS. The van der Waals surface area contributed by atoms with E-state index in [0.29, 0.717) is 11.8 Å². The van der Waals surface area contributed by atoms with Crippen LogP contribution in [0.2, 0.25) is 0 Å². The van der Waals surface area contributed by atoms with E-state index in [-0.39, 0.29) is 0 Å². The Labute approximate surface area is 122 Å². The monoisotopic (exact) mass is 279 g/mol. The Bertz CT molecular complexity index is 786. The first-order valence-corrected chi connectivity index (χ1v) is 7.96. The van der Waals surface area contributed by atoms with Gasteiger partial charge in [0.1, 0.15) is 0 Å². The summed E-state index contributed by atoms with van der Waals surface area (Å²) in [6.45, 7) is 0. The van der Waals surface area contributed by atoms with Gasteiger partial charge in [-0.15, -0.1) is 11.3 Å². The van der Waals surface area contributed by atoms with Gasteiger partial charge in [0, 0.05) is 38.6 Å². The van der Waals surface area contributed by atoms with Crippen LogP contribution in [0.1, 0.15) is 29.2 Å². The van der Waals surface area contributed by atoms with Gasteiger partial charge in [0.25, 0.3) is 0 Å². The smallest absolute Gasteiger partial charge is 0.0369 e. The molecule has 100 valence electrons. The Morgan fingerprint density at radius 3 is 2.95 bits per heavy atom. The Kier molecular flexibility index (Phi) is 2.78. The van der Waals surface area contributed by atoms with Crippen LogP contribution in [0.15, 0.2) is 42.5 Å². The summed E-state index contributed by atoms with van der Waals surface area (Å²) in [5.41, 5.74) is 8.82. The van der Waals surface area contributed by atoms with Crippen LogP contribution >= 0.6 is 11.3 Å². The van der Waals surface area contributed by atoms with Crippen molar-refractivity contribution in [2.45, 2.75) is 18.8 Å². The van der Waals surface area contributed by atoms with Crippen LogP contribution in [-0.2, 0) is 0 Å². The molecule has 0 saturated heterocycles. The van der Waals surface area contributed by atoms with Crippen molar-refractivity contribution >= 4 is 29.2 Å². The molecule has 2 atom stereocenters. The molecule has 1 nitrogen and oxygen atoms in total. The zero-order chi connectivity index (χ0) is 13.5. The van der Waals surface area contributed by atoms with Gasteiger partial charge < -0.3 is 5.73 Å². The predicted molar refractivity (Wildman–Crippen MR) is 87.5 cm³/mol. The maximum atomic E-state index is 6.36. The summed E-state index contributed by atoms with van der Waals surface area (Å²) in [6, 6.07) is 0. The Morgan fingerprint density at radius 1 is 1.10 bits per heavy atom. The van der Waals surface area contributed by atoms with Crippen LogP contribution in [0.25, 0.3) is 17.8 Å². The van der Waals surface area contributed by atoms with Gasteiger partial charge in [-0.05, 0) is 24.1 Å². The van der Waals surface area contributed by atoms with Crippen LogP contribution in [0.5, 0.6) is 0 Å². The van der Waals surface area contributed by atoms with Crippen LogP contribution < -0.4 is 15.5 Å². The van der Waals surface area contributed by atoms with E-state index < -0.39 is 0 Å². The largest absolute Gasteiger partial charge is 0.401 e. The maximum absolute atomic E-state index is 6.36. The third kappa shape index (κ3) is 1.75. The summed E-state index contributed by atoms with van der Waals surface area (Å²) in [5, 5.41) is 1.30. The summed E-state index contributed by atoms with van der Waals surface area (Å²) in [5.74, 6) is 0.919. The van der Waals surface area contributed by atoms with E-state index in [1.807, 2.05) is 11.3 Å². The molecule has 20 heavy (non-hydrogen) atoms. The lowest BCUT2D eigenvalue weighted by atomic mass is 9.81. The molecule has 3 aliphatic carbocycles. The quantitative estimate of drug-likeness (QED) is 0.726. The van der Waals surface area contributed by atoms with Gasteiger partial charge in [0.2, 0.25) is 0 Å². The van der Waals surface area contributed by atoms with Gasteiger partial charge in [-0.1, -0.05) is 42.5 Å². The van der Waals surface area contributed by atoms with Crippen molar-refractivity contribution in [3.63, 3.8) is 0 Å². The number of hydrogen-bond acceptors (Lipinski definition) is 2. The molecule has 0 amide bonds. The van der Waals surface area contributed by atoms with E-state index in [4.69, 9.17) is 5.73 Å². The fourth-order valence-electron chi connectivity index (χ4n) is 3.29. The second kappa shape index (κ2) is 4.64. The summed E-state index contributed by atoms with van der Waals surface area (Å²) < 4.78 is 1.31. The molecule has 0 radical (unpaired) electrons. The number of nitrogens with two attached hydrogens (primary N) is 1. The second-order valence-corrected chi connectivity index (χ2v) is 6.58. The second-order valence-electron chi connectivity index (χ2n) is 5.50. The van der Waals surface area contributed by atoms with Crippen molar-refractivity contribution in [3.05, 3.63) is 62.7 Å². The first-order chi connectivity index (χ1) is 9.84. The molecular weight excluding hydrogens is 262 g/mol. The van der Waals surface area contributed by atoms with E-state index in [9.17, 15) is 0 Å². The number of rotatable bonds is 0. The molecule has 0 saturated carbocycles. The number of hydrogen-bond donors (Lipinski definition) is 1. The van der Waals surface area contributed by atoms with E-state index >= 15 is 0 Å². The molecule has 2 N–H and O–H groups in total. The van der Waals surface area contributed by atoms with Crippen molar-refractivity contribution in [1.29, 1.82) is 0 Å². The topological polar surface area (TPSA) is 26.0 Å². The van der Waals surface area contributed by atoms with Gasteiger partial charge in [-0.2, -0.15) is 0 Å². The van der Waals surface area contributed by atoms with Gasteiger partial charge in [-0.25, -0.2) is 0 Å². The highest BCUT2D eigenvalue weighted by molar-refractivity contribution is 7.11. The molecule has 2 heteroatoms. The first kappa shape index (κ1) is 12.0. The average molecular weight is 279 g/mol. The van der Waals surface area contributed by atoms with Crippen LogP contribution in [0, 0.1) is 5.92 Å². The molecule has 4 rings (SSSR count). The minimum Gasteiger partial charge on any atom is -0.401 e. The molecule has 2 unspecified atom stereocenters. The highest BCUT2D eigenvalue weighted by atomic mass is 32.1. The van der Waals surface area contributed by atoms with Crippen LogP contribution in [-0.4, -0.2) is 0 Å². The van der Waals surface area contributed by atoms with Crippen molar-refractivity contribution in [1.82, 2.24) is 0 Å². The van der Waals surface area contributed by atoms with Gasteiger partial charge in [0.15, 0.2) is 0 Å². The SMILES string of the molecule is NC1=c2c3c(sc2=CC=CC1)C=CC1C=CCC=CC31. The van der Waals surface area contributed by atoms with Gasteiger partial charge in [-0.3, -0.25) is 0 Å². The summed E-state index contributed by atoms with van der Waals surface area (Å²) in [7, 11) is 0. The Hall–Kier alpha value is -1.80. The lowest BCUT2D eigenvalue weighted by molar-refractivity contribution is 0.701. The molecule has 1 aromatic heterocycles. The fraction of sp³-hybridized carbons (Fsp3) is 0.222. The highest BCUT2D eigenvalue weighted by Crippen LogP contribution is 2.37. The predicted octanol–water partition coefficient (Wildman–Crippen LogP) is 2.80. The van der Waals surface area contributed by atoms with Crippen LogP contribution in [0.3, 0.4) is 0 Å². The Morgan fingerprint density at radius 2 is 2.00 bits per heavy atom. The van der Waals surface area contributed by atoms with Crippen molar-refractivity contribution in [2.24, 2.45) is 11.7 Å². The minimum atomic E-state index is 0.443. The molecule has 1 aromatic rings. The molecule has 0 spiro atoms. The Balaban J connectivity index is 2.05.